The summed E-state index contributed by atoms with van der Waals surface area (Å²) in [5, 5.41) is 2.08. The monoisotopic (exact) mass is 362 g/mol. The van der Waals surface area contributed by atoms with Crippen molar-refractivity contribution in [1.29, 1.82) is 0 Å². The molecule has 4 rings (SSSR count). The number of esters is 1. The first-order chi connectivity index (χ1) is 13.2. The number of benzene rings is 2. The molecule has 2 aromatic carbocycles. The number of rotatable bonds is 6. The van der Waals surface area contributed by atoms with Gasteiger partial charge in [0.2, 0.25) is 0 Å². The summed E-state index contributed by atoms with van der Waals surface area (Å²) in [4.78, 5) is 18.9. The molecule has 0 saturated heterocycles. The normalized spacial score (nSPS) is 12.5. The standard InChI is InChI=1S/C21H22N4O2/c22-8-7-13-11-24-20-6-5-15(10-17(13)20)27-21(26)18(23)9-14-12-25-19-4-2-1-3-16(14)19/h1-6,10-12,18,24-25H,7-9,22-23H2/t18-/m0/s1. The van der Waals surface area contributed by atoms with Gasteiger partial charge in [-0.3, -0.25) is 0 Å². The lowest BCUT2D eigenvalue weighted by Crippen LogP contribution is -2.36. The molecule has 0 aliphatic heterocycles. The summed E-state index contributed by atoms with van der Waals surface area (Å²) < 4.78 is 5.53. The minimum atomic E-state index is -0.741. The second-order valence-corrected chi connectivity index (χ2v) is 6.65. The van der Waals surface area contributed by atoms with E-state index >= 15 is 0 Å². The number of fused-ring (bicyclic) bond motifs is 2. The van der Waals surface area contributed by atoms with Crippen molar-refractivity contribution in [2.75, 3.05) is 6.54 Å². The first-order valence-corrected chi connectivity index (χ1v) is 8.98. The van der Waals surface area contributed by atoms with E-state index in [1.54, 1.807) is 6.07 Å². The highest BCUT2D eigenvalue weighted by Crippen LogP contribution is 2.25. The highest BCUT2D eigenvalue weighted by atomic mass is 16.5. The second-order valence-electron chi connectivity index (χ2n) is 6.65. The van der Waals surface area contributed by atoms with Crippen LogP contribution in [0, 0.1) is 0 Å². The van der Waals surface area contributed by atoms with Crippen molar-refractivity contribution >= 4 is 27.8 Å². The molecule has 2 heterocycles. The molecule has 0 fully saturated rings. The molecule has 0 unspecified atom stereocenters. The van der Waals surface area contributed by atoms with Crippen LogP contribution in [-0.2, 0) is 17.6 Å². The highest BCUT2D eigenvalue weighted by Gasteiger charge is 2.19. The summed E-state index contributed by atoms with van der Waals surface area (Å²) in [6.07, 6.45) is 5.00. The van der Waals surface area contributed by atoms with E-state index in [1.807, 2.05) is 48.8 Å². The Bertz CT molecular complexity index is 1100. The largest absolute Gasteiger partial charge is 0.425 e. The van der Waals surface area contributed by atoms with Gasteiger partial charge in [0.05, 0.1) is 0 Å². The number of hydrogen-bond acceptors (Lipinski definition) is 4. The van der Waals surface area contributed by atoms with E-state index < -0.39 is 12.0 Å². The molecule has 4 aromatic rings. The Morgan fingerprint density at radius 3 is 2.56 bits per heavy atom. The lowest BCUT2D eigenvalue weighted by atomic mass is 10.1. The number of carbonyl (C=O) groups excluding carboxylic acids is 1. The molecule has 27 heavy (non-hydrogen) atoms. The summed E-state index contributed by atoms with van der Waals surface area (Å²) in [5.41, 5.74) is 15.9. The molecule has 0 aliphatic rings. The molecule has 0 aliphatic carbocycles. The van der Waals surface area contributed by atoms with Crippen LogP contribution in [0.1, 0.15) is 11.1 Å². The Hall–Kier alpha value is -3.09. The molecule has 0 spiro atoms. The van der Waals surface area contributed by atoms with Crippen molar-refractivity contribution in [3.8, 4) is 5.75 Å². The Kier molecular flexibility index (Phi) is 4.66. The van der Waals surface area contributed by atoms with E-state index in [-0.39, 0.29) is 0 Å². The molecule has 6 N–H and O–H groups in total. The third kappa shape index (κ3) is 3.45. The third-order valence-corrected chi connectivity index (χ3v) is 4.79. The SMILES string of the molecule is NCCc1c[nH]c2ccc(OC(=O)[C@@H](N)Cc3c[nH]c4ccccc34)cc12. The van der Waals surface area contributed by atoms with Crippen LogP contribution in [0.25, 0.3) is 21.8 Å². The zero-order valence-electron chi connectivity index (χ0n) is 14.9. The molecule has 0 saturated carbocycles. The fourth-order valence-electron chi connectivity index (χ4n) is 3.40. The van der Waals surface area contributed by atoms with Crippen LogP contribution in [0.15, 0.2) is 54.9 Å². The van der Waals surface area contributed by atoms with Crippen LogP contribution in [0.3, 0.4) is 0 Å². The molecule has 6 nitrogen and oxygen atoms in total. The average molecular weight is 362 g/mol. The van der Waals surface area contributed by atoms with Crippen LogP contribution in [0.5, 0.6) is 5.75 Å². The minimum absolute atomic E-state index is 0.410. The van der Waals surface area contributed by atoms with E-state index in [1.165, 1.54) is 0 Å². The Balaban J connectivity index is 1.49. The second kappa shape index (κ2) is 7.26. The number of aromatic amines is 2. The third-order valence-electron chi connectivity index (χ3n) is 4.79. The number of nitrogens with two attached hydrogens (primary N) is 2. The quantitative estimate of drug-likeness (QED) is 0.312. The maximum absolute atomic E-state index is 12.5. The minimum Gasteiger partial charge on any atom is -0.425 e. The van der Waals surface area contributed by atoms with E-state index in [4.69, 9.17) is 16.2 Å². The van der Waals surface area contributed by atoms with Gasteiger partial charge in [0.1, 0.15) is 11.8 Å². The number of hydrogen-bond donors (Lipinski definition) is 4. The number of carbonyl (C=O) groups is 1. The van der Waals surface area contributed by atoms with Crippen molar-refractivity contribution < 1.29 is 9.53 Å². The number of ether oxygens (including phenoxy) is 1. The maximum Gasteiger partial charge on any atom is 0.328 e. The Labute approximate surface area is 156 Å². The first kappa shape index (κ1) is 17.3. The van der Waals surface area contributed by atoms with E-state index in [2.05, 4.69) is 9.97 Å². The van der Waals surface area contributed by atoms with Gasteiger partial charge >= 0.3 is 5.97 Å². The van der Waals surface area contributed by atoms with Gasteiger partial charge in [-0.25, -0.2) is 4.79 Å². The summed E-state index contributed by atoms with van der Waals surface area (Å²) in [6, 6.07) is 12.7. The smallest absolute Gasteiger partial charge is 0.328 e. The van der Waals surface area contributed by atoms with Crippen molar-refractivity contribution in [3.63, 3.8) is 0 Å². The summed E-state index contributed by atoms with van der Waals surface area (Å²) in [5.74, 6) is 0.0373. The lowest BCUT2D eigenvalue weighted by molar-refractivity contribution is -0.135. The van der Waals surface area contributed by atoms with Gasteiger partial charge in [-0.2, -0.15) is 0 Å². The number of aromatic nitrogens is 2. The Morgan fingerprint density at radius 2 is 1.74 bits per heavy atom. The van der Waals surface area contributed by atoms with Crippen molar-refractivity contribution in [2.24, 2.45) is 11.5 Å². The molecular weight excluding hydrogens is 340 g/mol. The Morgan fingerprint density at radius 1 is 1.00 bits per heavy atom. The number of H-pyrrole nitrogens is 2. The van der Waals surface area contributed by atoms with Gasteiger partial charge in [-0.1, -0.05) is 18.2 Å². The van der Waals surface area contributed by atoms with Crippen LogP contribution < -0.4 is 16.2 Å². The van der Waals surface area contributed by atoms with Crippen LogP contribution in [0.2, 0.25) is 0 Å². The fraction of sp³-hybridized carbons (Fsp3) is 0.190. The molecule has 2 aromatic heterocycles. The zero-order chi connectivity index (χ0) is 18.8. The van der Waals surface area contributed by atoms with Crippen LogP contribution in [0.4, 0.5) is 0 Å². The van der Waals surface area contributed by atoms with Crippen molar-refractivity contribution in [1.82, 2.24) is 9.97 Å². The summed E-state index contributed by atoms with van der Waals surface area (Å²) in [7, 11) is 0. The van der Waals surface area contributed by atoms with E-state index in [0.29, 0.717) is 18.7 Å². The summed E-state index contributed by atoms with van der Waals surface area (Å²) in [6.45, 7) is 0.562. The first-order valence-electron chi connectivity index (χ1n) is 8.98. The molecule has 6 heteroatoms. The predicted octanol–water partition coefficient (Wildman–Crippen LogP) is 2.63. The lowest BCUT2D eigenvalue weighted by Gasteiger charge is -2.11. The maximum atomic E-state index is 12.5. The average Bonchev–Trinajstić information content (AvgIpc) is 3.26. The van der Waals surface area contributed by atoms with Gasteiger partial charge < -0.3 is 26.2 Å². The zero-order valence-corrected chi connectivity index (χ0v) is 14.9. The molecule has 0 amide bonds. The molecule has 0 radical (unpaired) electrons. The van der Waals surface area contributed by atoms with E-state index in [0.717, 1.165) is 39.4 Å². The van der Waals surface area contributed by atoms with Crippen LogP contribution in [-0.4, -0.2) is 28.5 Å². The van der Waals surface area contributed by atoms with Gasteiger partial charge in [-0.05, 0) is 48.4 Å². The van der Waals surface area contributed by atoms with Crippen LogP contribution >= 0.6 is 0 Å². The van der Waals surface area contributed by atoms with Crippen molar-refractivity contribution in [2.45, 2.75) is 18.9 Å². The highest BCUT2D eigenvalue weighted by molar-refractivity contribution is 5.87. The summed E-state index contributed by atoms with van der Waals surface area (Å²) >= 11 is 0. The molecular formula is C21H22N4O2. The molecule has 1 atom stereocenters. The van der Waals surface area contributed by atoms with Gasteiger partial charge in [0.25, 0.3) is 0 Å². The fourth-order valence-corrected chi connectivity index (χ4v) is 3.40. The van der Waals surface area contributed by atoms with Crippen molar-refractivity contribution in [3.05, 3.63) is 66.0 Å². The molecule has 0 bridgehead atoms. The van der Waals surface area contributed by atoms with Gasteiger partial charge in [-0.15, -0.1) is 0 Å². The number of para-hydroxylation sites is 1. The van der Waals surface area contributed by atoms with E-state index in [9.17, 15) is 4.79 Å². The number of nitrogens with one attached hydrogen (secondary N) is 2. The van der Waals surface area contributed by atoms with Gasteiger partial charge in [0, 0.05) is 40.6 Å². The predicted molar refractivity (Wildman–Crippen MR) is 107 cm³/mol. The molecule has 138 valence electrons. The topological polar surface area (TPSA) is 110 Å². The van der Waals surface area contributed by atoms with Gasteiger partial charge in [0.15, 0.2) is 0 Å².